The largest absolute Gasteiger partial charge is 0.467 e. The van der Waals surface area contributed by atoms with Crippen LogP contribution >= 0.6 is 11.8 Å². The van der Waals surface area contributed by atoms with Crippen molar-refractivity contribution in [3.8, 4) is 11.1 Å². The molecule has 0 aliphatic rings. The van der Waals surface area contributed by atoms with E-state index >= 15 is 0 Å². The van der Waals surface area contributed by atoms with Gasteiger partial charge >= 0.3 is 5.97 Å². The summed E-state index contributed by atoms with van der Waals surface area (Å²) in [5.74, 6) is -0.00873. The molecule has 2 N–H and O–H groups in total. The third-order valence-electron chi connectivity index (χ3n) is 4.97. The van der Waals surface area contributed by atoms with Crippen LogP contribution in [0.2, 0.25) is 0 Å². The van der Waals surface area contributed by atoms with Crippen LogP contribution in [0.1, 0.15) is 22.3 Å². The number of anilines is 1. The van der Waals surface area contributed by atoms with Gasteiger partial charge in [0, 0.05) is 30.2 Å². The molecule has 1 unspecified atom stereocenters. The van der Waals surface area contributed by atoms with Crippen molar-refractivity contribution in [1.82, 2.24) is 10.3 Å². The number of thioether (sulfide) groups is 1. The van der Waals surface area contributed by atoms with Crippen molar-refractivity contribution in [3.63, 3.8) is 0 Å². The predicted molar refractivity (Wildman–Crippen MR) is 130 cm³/mol. The zero-order valence-corrected chi connectivity index (χ0v) is 19.0. The molecule has 0 aliphatic heterocycles. The molecule has 3 aromatic rings. The second-order valence-corrected chi connectivity index (χ2v) is 8.16. The van der Waals surface area contributed by atoms with Crippen LogP contribution in [0.25, 0.3) is 11.1 Å². The lowest BCUT2D eigenvalue weighted by atomic mass is 9.98. The summed E-state index contributed by atoms with van der Waals surface area (Å²) < 4.78 is 4.88. The van der Waals surface area contributed by atoms with E-state index < -0.39 is 12.0 Å². The molecule has 7 heteroatoms. The number of nitrogens with zero attached hydrogens (tertiary/aromatic N) is 1. The number of amides is 1. The lowest BCUT2D eigenvalue weighted by molar-refractivity contribution is -0.142. The first-order valence-corrected chi connectivity index (χ1v) is 11.7. The van der Waals surface area contributed by atoms with Gasteiger partial charge in [0.05, 0.1) is 7.11 Å². The molecule has 32 heavy (non-hydrogen) atoms. The van der Waals surface area contributed by atoms with Crippen molar-refractivity contribution in [3.05, 3.63) is 84.2 Å². The highest BCUT2D eigenvalue weighted by molar-refractivity contribution is 7.98. The van der Waals surface area contributed by atoms with E-state index in [1.54, 1.807) is 24.0 Å². The van der Waals surface area contributed by atoms with E-state index in [9.17, 15) is 9.59 Å². The Balaban J connectivity index is 1.86. The molecule has 0 spiro atoms. The first-order valence-electron chi connectivity index (χ1n) is 10.3. The molecular formula is C25H27N3O3S. The van der Waals surface area contributed by atoms with E-state index in [1.807, 2.05) is 67.0 Å². The summed E-state index contributed by atoms with van der Waals surface area (Å²) in [6.07, 6.45) is 6.02. The molecule has 2 aromatic carbocycles. The average molecular weight is 450 g/mol. The third-order valence-corrected chi connectivity index (χ3v) is 5.61. The molecule has 1 atom stereocenters. The van der Waals surface area contributed by atoms with Crippen LogP contribution < -0.4 is 10.6 Å². The van der Waals surface area contributed by atoms with Crippen LogP contribution in [0, 0.1) is 0 Å². The van der Waals surface area contributed by atoms with Crippen LogP contribution in [-0.2, 0) is 16.1 Å². The molecule has 1 heterocycles. The van der Waals surface area contributed by atoms with Gasteiger partial charge in [-0.15, -0.1) is 0 Å². The van der Waals surface area contributed by atoms with Gasteiger partial charge in [-0.1, -0.05) is 36.4 Å². The maximum Gasteiger partial charge on any atom is 0.328 e. The number of pyridine rings is 1. The summed E-state index contributed by atoms with van der Waals surface area (Å²) in [5, 5.41) is 6.24. The van der Waals surface area contributed by atoms with Crippen LogP contribution in [0.3, 0.4) is 0 Å². The van der Waals surface area contributed by atoms with Crippen LogP contribution in [-0.4, -0.2) is 42.0 Å². The molecule has 0 saturated heterocycles. The van der Waals surface area contributed by atoms with E-state index in [2.05, 4.69) is 15.6 Å². The number of aromatic nitrogens is 1. The zero-order valence-electron chi connectivity index (χ0n) is 18.2. The topological polar surface area (TPSA) is 80.3 Å². The molecule has 166 valence electrons. The maximum absolute atomic E-state index is 13.2. The fraction of sp³-hybridized carbons (Fsp3) is 0.240. The molecule has 6 nitrogen and oxygen atoms in total. The number of methoxy groups -OCH3 is 1. The third kappa shape index (κ3) is 6.34. The standard InChI is InChI=1S/C25H27N3O3S/c1-31-25(30)23(12-14-32-2)28-24(29)21-11-10-20(27-17-18-7-6-13-26-16-18)15-22(21)19-8-4-3-5-9-19/h3-11,13,15-16,23,27H,12,14,17H2,1-2H3,(H,28,29). The number of rotatable bonds is 10. The normalized spacial score (nSPS) is 11.4. The van der Waals surface area contributed by atoms with Gasteiger partial charge in [0.1, 0.15) is 6.04 Å². The van der Waals surface area contributed by atoms with Gasteiger partial charge < -0.3 is 15.4 Å². The highest BCUT2D eigenvalue weighted by Gasteiger charge is 2.23. The fourth-order valence-corrected chi connectivity index (χ4v) is 3.75. The lowest BCUT2D eigenvalue weighted by Gasteiger charge is -2.18. The van der Waals surface area contributed by atoms with Gasteiger partial charge in [0.25, 0.3) is 5.91 Å². The number of hydrogen-bond acceptors (Lipinski definition) is 6. The summed E-state index contributed by atoms with van der Waals surface area (Å²) in [4.78, 5) is 29.5. The van der Waals surface area contributed by atoms with Crippen molar-refractivity contribution in [2.75, 3.05) is 24.4 Å². The Bertz CT molecular complexity index is 1030. The Morgan fingerprint density at radius 1 is 1.09 bits per heavy atom. The van der Waals surface area contributed by atoms with E-state index in [0.717, 1.165) is 28.1 Å². The SMILES string of the molecule is COC(=O)C(CCSC)NC(=O)c1ccc(NCc2cccnc2)cc1-c1ccccc1. The van der Waals surface area contributed by atoms with Crippen molar-refractivity contribution in [1.29, 1.82) is 0 Å². The summed E-state index contributed by atoms with van der Waals surface area (Å²) in [5.41, 5.74) is 4.15. The number of hydrogen-bond donors (Lipinski definition) is 2. The number of carbonyl (C=O) groups excluding carboxylic acids is 2. The fourth-order valence-electron chi connectivity index (χ4n) is 3.28. The number of ether oxygens (including phenoxy) is 1. The molecule has 0 bridgehead atoms. The molecule has 3 rings (SSSR count). The zero-order chi connectivity index (χ0) is 22.8. The Kier molecular flexibility index (Phi) is 8.69. The maximum atomic E-state index is 13.2. The molecule has 0 saturated carbocycles. The number of esters is 1. The van der Waals surface area contributed by atoms with E-state index in [-0.39, 0.29) is 5.91 Å². The summed E-state index contributed by atoms with van der Waals surface area (Å²) in [6, 6.07) is 18.5. The number of nitrogens with one attached hydrogen (secondary N) is 2. The van der Waals surface area contributed by atoms with Gasteiger partial charge in [-0.3, -0.25) is 9.78 Å². The minimum atomic E-state index is -0.688. The molecule has 1 aromatic heterocycles. The average Bonchev–Trinajstić information content (AvgIpc) is 2.85. The molecule has 1 amide bonds. The van der Waals surface area contributed by atoms with Crippen molar-refractivity contribution in [2.45, 2.75) is 19.0 Å². The molecule has 0 aliphatic carbocycles. The Labute approximate surface area is 192 Å². The molecule has 0 fully saturated rings. The van der Waals surface area contributed by atoms with Crippen LogP contribution in [0.15, 0.2) is 73.1 Å². The quantitative estimate of drug-likeness (QED) is 0.447. The van der Waals surface area contributed by atoms with E-state index in [1.165, 1.54) is 7.11 Å². The minimum absolute atomic E-state index is 0.306. The van der Waals surface area contributed by atoms with Gasteiger partial charge in [-0.25, -0.2) is 4.79 Å². The Morgan fingerprint density at radius 2 is 1.91 bits per heavy atom. The van der Waals surface area contributed by atoms with Gasteiger partial charge in [0.15, 0.2) is 0 Å². The lowest BCUT2D eigenvalue weighted by Crippen LogP contribution is -2.42. The Hall–Kier alpha value is -3.32. The highest BCUT2D eigenvalue weighted by Crippen LogP contribution is 2.27. The van der Waals surface area contributed by atoms with Gasteiger partial charge in [-0.05, 0) is 59.4 Å². The summed E-state index contributed by atoms with van der Waals surface area (Å²) >= 11 is 1.61. The monoisotopic (exact) mass is 449 g/mol. The number of benzene rings is 2. The van der Waals surface area contributed by atoms with Crippen LogP contribution in [0.5, 0.6) is 0 Å². The second kappa shape index (κ2) is 11.9. The first-order chi connectivity index (χ1) is 15.6. The molecular weight excluding hydrogens is 422 g/mol. The Morgan fingerprint density at radius 3 is 2.59 bits per heavy atom. The number of carbonyl (C=O) groups is 2. The van der Waals surface area contributed by atoms with Crippen molar-refractivity contribution in [2.24, 2.45) is 0 Å². The van der Waals surface area contributed by atoms with E-state index in [4.69, 9.17) is 4.74 Å². The van der Waals surface area contributed by atoms with Crippen molar-refractivity contribution < 1.29 is 14.3 Å². The predicted octanol–water partition coefficient (Wildman–Crippen LogP) is 4.39. The van der Waals surface area contributed by atoms with Crippen molar-refractivity contribution >= 4 is 29.3 Å². The van der Waals surface area contributed by atoms with Crippen LogP contribution in [0.4, 0.5) is 5.69 Å². The highest BCUT2D eigenvalue weighted by atomic mass is 32.2. The summed E-state index contributed by atoms with van der Waals surface area (Å²) in [7, 11) is 1.33. The molecule has 0 radical (unpaired) electrons. The minimum Gasteiger partial charge on any atom is -0.467 e. The second-order valence-electron chi connectivity index (χ2n) is 7.17. The van der Waals surface area contributed by atoms with E-state index in [0.29, 0.717) is 18.5 Å². The van der Waals surface area contributed by atoms with Gasteiger partial charge in [-0.2, -0.15) is 11.8 Å². The van der Waals surface area contributed by atoms with Gasteiger partial charge in [0.2, 0.25) is 0 Å². The summed E-state index contributed by atoms with van der Waals surface area (Å²) in [6.45, 7) is 0.618. The smallest absolute Gasteiger partial charge is 0.328 e. The first kappa shape index (κ1) is 23.3.